The molecule has 0 radical (unpaired) electrons. The quantitative estimate of drug-likeness (QED) is 0.592. The van der Waals surface area contributed by atoms with Crippen molar-refractivity contribution in [2.45, 2.75) is 39.7 Å². The molecule has 0 aliphatic rings. The molecule has 0 spiro atoms. The van der Waals surface area contributed by atoms with Gasteiger partial charge in [0, 0.05) is 5.75 Å². The van der Waals surface area contributed by atoms with Crippen molar-refractivity contribution < 1.29 is 0 Å². The Balaban J connectivity index is 2.35. The van der Waals surface area contributed by atoms with Crippen LogP contribution in [-0.2, 0) is 13.0 Å². The van der Waals surface area contributed by atoms with E-state index in [4.69, 9.17) is 0 Å². The van der Waals surface area contributed by atoms with Gasteiger partial charge in [0.15, 0.2) is 0 Å². The molecule has 0 saturated heterocycles. The molecule has 1 rings (SSSR count). The van der Waals surface area contributed by atoms with Crippen LogP contribution in [-0.4, -0.2) is 20.7 Å². The number of hydrogen-bond acceptors (Lipinski definition) is 4. The number of thiol groups is 1. The predicted octanol–water partition coefficient (Wildman–Crippen LogP) is 2.83. The molecule has 1 aromatic heterocycles. The van der Waals surface area contributed by atoms with Crippen LogP contribution in [0, 0.1) is 5.92 Å². The summed E-state index contributed by atoms with van der Waals surface area (Å²) in [6.45, 7) is 5.42. The molecule has 86 valence electrons. The van der Waals surface area contributed by atoms with Crippen LogP contribution in [0.2, 0.25) is 0 Å². The second-order valence-corrected chi connectivity index (χ2v) is 5.51. The van der Waals surface area contributed by atoms with Gasteiger partial charge in [0.2, 0.25) is 0 Å². The zero-order valence-electron chi connectivity index (χ0n) is 9.39. The van der Waals surface area contributed by atoms with Gasteiger partial charge < -0.3 is 0 Å². The third kappa shape index (κ3) is 4.93. The van der Waals surface area contributed by atoms with E-state index in [1.807, 2.05) is 10.9 Å². The van der Waals surface area contributed by atoms with Crippen LogP contribution in [0.3, 0.4) is 0 Å². The maximum absolute atomic E-state index is 4.12. The van der Waals surface area contributed by atoms with Crippen molar-refractivity contribution in [1.29, 1.82) is 0 Å². The van der Waals surface area contributed by atoms with E-state index in [9.17, 15) is 0 Å². The average molecular weight is 245 g/mol. The Bertz CT molecular complexity index is 273. The highest BCUT2D eigenvalue weighted by molar-refractivity contribution is 8.68. The van der Waals surface area contributed by atoms with E-state index >= 15 is 0 Å². The minimum atomic E-state index is 0.780. The first kappa shape index (κ1) is 12.9. The van der Waals surface area contributed by atoms with Gasteiger partial charge in [-0.3, -0.25) is 0 Å². The fourth-order valence-electron chi connectivity index (χ4n) is 1.48. The standard InChI is InChI=1S/C10H19N3S2/c1-9(2)4-3-5-10-8-11-12-13(10)6-7-15-14/h8-9,14H,3-7H2,1-2H3. The molecule has 0 fully saturated rings. The van der Waals surface area contributed by atoms with E-state index in [1.165, 1.54) is 18.5 Å². The minimum absolute atomic E-state index is 0.780. The van der Waals surface area contributed by atoms with Crippen molar-refractivity contribution in [3.8, 4) is 0 Å². The molecule has 3 nitrogen and oxygen atoms in total. The van der Waals surface area contributed by atoms with Gasteiger partial charge >= 0.3 is 0 Å². The molecule has 1 heterocycles. The number of rotatable bonds is 7. The molecule has 0 amide bonds. The topological polar surface area (TPSA) is 30.7 Å². The third-order valence-corrected chi connectivity index (χ3v) is 3.22. The summed E-state index contributed by atoms with van der Waals surface area (Å²) >= 11 is 4.12. The highest BCUT2D eigenvalue weighted by atomic mass is 33.1. The van der Waals surface area contributed by atoms with Crippen LogP contribution in [0.5, 0.6) is 0 Å². The van der Waals surface area contributed by atoms with Crippen molar-refractivity contribution in [1.82, 2.24) is 15.0 Å². The first-order valence-electron chi connectivity index (χ1n) is 5.37. The van der Waals surface area contributed by atoms with Crippen LogP contribution in [0.1, 0.15) is 32.4 Å². The second kappa shape index (κ2) is 7.17. The van der Waals surface area contributed by atoms with Gasteiger partial charge in [-0.1, -0.05) is 36.3 Å². The van der Waals surface area contributed by atoms with Gasteiger partial charge in [0.05, 0.1) is 18.4 Å². The normalized spacial score (nSPS) is 11.2. The van der Waals surface area contributed by atoms with Gasteiger partial charge in [-0.15, -0.1) is 16.8 Å². The fourth-order valence-corrected chi connectivity index (χ4v) is 1.98. The highest BCUT2D eigenvalue weighted by Gasteiger charge is 2.03. The molecule has 1 aromatic rings. The van der Waals surface area contributed by atoms with E-state index < -0.39 is 0 Å². The Hall–Kier alpha value is -0.160. The maximum Gasteiger partial charge on any atom is 0.0725 e. The highest BCUT2D eigenvalue weighted by Crippen LogP contribution is 2.10. The van der Waals surface area contributed by atoms with Crippen LogP contribution in [0.25, 0.3) is 0 Å². The molecule has 0 aliphatic carbocycles. The molecule has 0 saturated carbocycles. The summed E-state index contributed by atoms with van der Waals surface area (Å²) in [5.74, 6) is 1.76. The largest absolute Gasteiger partial charge is 0.249 e. The fraction of sp³-hybridized carbons (Fsp3) is 0.800. The molecule has 0 aliphatic heterocycles. The van der Waals surface area contributed by atoms with Crippen LogP contribution < -0.4 is 0 Å². The Kier molecular flexibility index (Phi) is 6.17. The van der Waals surface area contributed by atoms with Crippen molar-refractivity contribution >= 4 is 22.5 Å². The smallest absolute Gasteiger partial charge is 0.0725 e. The first-order valence-corrected chi connectivity index (χ1v) is 7.41. The molecule has 5 heteroatoms. The van der Waals surface area contributed by atoms with E-state index in [0.29, 0.717) is 0 Å². The zero-order valence-corrected chi connectivity index (χ0v) is 11.1. The van der Waals surface area contributed by atoms with Gasteiger partial charge in [-0.2, -0.15) is 0 Å². The van der Waals surface area contributed by atoms with Gasteiger partial charge in [0.1, 0.15) is 0 Å². The third-order valence-electron chi connectivity index (χ3n) is 2.31. The van der Waals surface area contributed by atoms with Crippen molar-refractivity contribution in [2.75, 3.05) is 5.75 Å². The summed E-state index contributed by atoms with van der Waals surface area (Å²) in [6.07, 6.45) is 5.46. The lowest BCUT2D eigenvalue weighted by molar-refractivity contribution is 0.534. The van der Waals surface area contributed by atoms with E-state index in [1.54, 1.807) is 10.8 Å². The molecule has 15 heavy (non-hydrogen) atoms. The molecule has 0 aromatic carbocycles. The number of nitrogens with zero attached hydrogens (tertiary/aromatic N) is 3. The number of hydrogen-bond donors (Lipinski definition) is 1. The molecule has 0 bridgehead atoms. The Morgan fingerprint density at radius 1 is 1.53 bits per heavy atom. The van der Waals surface area contributed by atoms with Crippen molar-refractivity contribution in [3.63, 3.8) is 0 Å². The van der Waals surface area contributed by atoms with Crippen LogP contribution in [0.15, 0.2) is 6.20 Å². The minimum Gasteiger partial charge on any atom is -0.249 e. The SMILES string of the molecule is CC(C)CCCc1cnnn1CCSS. The molecule has 0 N–H and O–H groups in total. The molecule has 0 unspecified atom stereocenters. The first-order chi connectivity index (χ1) is 7.24. The molecular formula is C10H19N3S2. The van der Waals surface area contributed by atoms with Crippen molar-refractivity contribution in [3.05, 3.63) is 11.9 Å². The maximum atomic E-state index is 4.12. The summed E-state index contributed by atoms with van der Waals surface area (Å²) < 4.78 is 1.99. The summed E-state index contributed by atoms with van der Waals surface area (Å²) in [5, 5.41) is 8.02. The van der Waals surface area contributed by atoms with Gasteiger partial charge in [0.25, 0.3) is 0 Å². The molecule has 0 atom stereocenters. The Morgan fingerprint density at radius 3 is 3.00 bits per heavy atom. The Labute approximate surface area is 101 Å². The van der Waals surface area contributed by atoms with Crippen LogP contribution in [0.4, 0.5) is 0 Å². The summed E-state index contributed by atoms with van der Waals surface area (Å²) in [5.41, 5.74) is 1.25. The van der Waals surface area contributed by atoms with E-state index in [0.717, 1.165) is 24.6 Å². The summed E-state index contributed by atoms with van der Waals surface area (Å²) in [4.78, 5) is 0. The van der Waals surface area contributed by atoms with Gasteiger partial charge in [-0.05, 0) is 18.8 Å². The lowest BCUT2D eigenvalue weighted by atomic mass is 10.1. The van der Waals surface area contributed by atoms with E-state index in [2.05, 4.69) is 35.8 Å². The number of aromatic nitrogens is 3. The Morgan fingerprint density at radius 2 is 2.33 bits per heavy atom. The van der Waals surface area contributed by atoms with Gasteiger partial charge in [-0.25, -0.2) is 4.68 Å². The van der Waals surface area contributed by atoms with Crippen molar-refractivity contribution in [2.24, 2.45) is 5.92 Å². The summed E-state index contributed by atoms with van der Waals surface area (Å²) in [6, 6.07) is 0. The predicted molar refractivity (Wildman–Crippen MR) is 69.2 cm³/mol. The zero-order chi connectivity index (χ0) is 11.1. The number of aryl methyl sites for hydroxylation is 2. The van der Waals surface area contributed by atoms with Crippen LogP contribution >= 0.6 is 22.5 Å². The van der Waals surface area contributed by atoms with E-state index in [-0.39, 0.29) is 0 Å². The lowest BCUT2D eigenvalue weighted by Crippen LogP contribution is -2.07. The monoisotopic (exact) mass is 245 g/mol. The lowest BCUT2D eigenvalue weighted by Gasteiger charge is -2.06. The second-order valence-electron chi connectivity index (χ2n) is 4.07. The molecular weight excluding hydrogens is 226 g/mol. The summed E-state index contributed by atoms with van der Waals surface area (Å²) in [7, 11) is 1.54. The average Bonchev–Trinajstić information content (AvgIpc) is 2.62.